The van der Waals surface area contributed by atoms with Gasteiger partial charge in [-0.1, -0.05) is 0 Å². The summed E-state index contributed by atoms with van der Waals surface area (Å²) in [4.78, 5) is 36.7. The number of anilines is 1. The maximum Gasteiger partial charge on any atom is 0.478 e. The zero-order valence-electron chi connectivity index (χ0n) is 17.0. The van der Waals surface area contributed by atoms with Crippen LogP contribution in [0.25, 0.3) is 0 Å². The minimum Gasteiger partial charge on any atom is -0.756 e. The molecule has 2 rings (SSSR count). The van der Waals surface area contributed by atoms with Crippen molar-refractivity contribution in [1.82, 2.24) is 9.55 Å². The van der Waals surface area contributed by atoms with Crippen LogP contribution in [-0.4, -0.2) is 88.4 Å². The number of phosphoric acid groups is 2. The van der Waals surface area contributed by atoms with Gasteiger partial charge in [0.2, 0.25) is 0 Å². The van der Waals surface area contributed by atoms with Crippen molar-refractivity contribution < 1.29 is 51.7 Å². The van der Waals surface area contributed by atoms with E-state index in [2.05, 4.69) is 18.3 Å². The standard InChI is InChI=1S/C14H26N4O11P2/c1-18(2,3)6-7-26-30(22,23)29-31(24,25)27-8-9-11(19)12(20)13(28-9)17-5-4-10(15)16-14(17)21/h4-5,9,11-13,19-20H,6-8H2,1-3H3,(H3-,15,16,21,22,23,24,25)/t9-,11-,12-,13-/m0/s1. The van der Waals surface area contributed by atoms with E-state index in [4.69, 9.17) is 10.5 Å². The molecule has 0 amide bonds. The van der Waals surface area contributed by atoms with Gasteiger partial charge in [-0.05, 0) is 6.07 Å². The predicted molar refractivity (Wildman–Crippen MR) is 102 cm³/mol. The number of nitrogens with zero attached hydrogens (tertiary/aromatic N) is 3. The molecule has 0 spiro atoms. The van der Waals surface area contributed by atoms with E-state index in [0.29, 0.717) is 4.48 Å². The molecule has 0 radical (unpaired) electrons. The molecule has 31 heavy (non-hydrogen) atoms. The Labute approximate surface area is 177 Å². The molecule has 5 N–H and O–H groups in total. The lowest BCUT2D eigenvalue weighted by molar-refractivity contribution is -0.870. The number of aliphatic hydroxyl groups is 2. The van der Waals surface area contributed by atoms with Crippen LogP contribution in [0.3, 0.4) is 0 Å². The second-order valence-corrected chi connectivity index (χ2v) is 10.7. The number of aliphatic hydroxyl groups excluding tert-OH is 2. The average Bonchev–Trinajstić information content (AvgIpc) is 2.86. The first-order valence-electron chi connectivity index (χ1n) is 8.91. The van der Waals surface area contributed by atoms with Crippen molar-refractivity contribution in [3.05, 3.63) is 22.7 Å². The van der Waals surface area contributed by atoms with Crippen LogP contribution >= 0.6 is 15.6 Å². The second-order valence-electron chi connectivity index (χ2n) is 7.73. The van der Waals surface area contributed by atoms with Crippen molar-refractivity contribution in [3.8, 4) is 0 Å². The van der Waals surface area contributed by atoms with Gasteiger partial charge in [-0.25, -0.2) is 13.7 Å². The Bertz CT molecular complexity index is 920. The molecule has 1 saturated heterocycles. The van der Waals surface area contributed by atoms with Crippen molar-refractivity contribution >= 4 is 21.5 Å². The molecule has 0 aromatic carbocycles. The van der Waals surface area contributed by atoms with E-state index < -0.39 is 52.5 Å². The Morgan fingerprint density at radius 1 is 1.29 bits per heavy atom. The molecule has 0 aliphatic carbocycles. The van der Waals surface area contributed by atoms with Gasteiger partial charge in [-0.15, -0.1) is 0 Å². The van der Waals surface area contributed by atoms with Crippen LogP contribution in [0.4, 0.5) is 5.82 Å². The van der Waals surface area contributed by atoms with E-state index in [1.807, 2.05) is 0 Å². The number of hydrogen-bond acceptors (Lipinski definition) is 12. The van der Waals surface area contributed by atoms with Crippen LogP contribution in [0, 0.1) is 0 Å². The van der Waals surface area contributed by atoms with Gasteiger partial charge in [-0.3, -0.25) is 13.7 Å². The molecular formula is C14H26N4O11P2. The van der Waals surface area contributed by atoms with E-state index in [0.717, 1.165) is 4.57 Å². The zero-order valence-corrected chi connectivity index (χ0v) is 18.8. The van der Waals surface area contributed by atoms with Crippen LogP contribution in [0.1, 0.15) is 6.23 Å². The Kier molecular flexibility index (Phi) is 8.17. The number of hydrogen-bond donors (Lipinski definition) is 4. The van der Waals surface area contributed by atoms with Crippen molar-refractivity contribution in [1.29, 1.82) is 0 Å². The van der Waals surface area contributed by atoms with E-state index in [-0.39, 0.29) is 19.0 Å². The van der Waals surface area contributed by atoms with Gasteiger partial charge in [0, 0.05) is 6.20 Å². The maximum atomic E-state index is 12.0. The number of ether oxygens (including phenoxy) is 1. The number of likely N-dealkylation sites (N-methyl/N-ethyl adjacent to an activating group) is 1. The minimum atomic E-state index is -5.18. The first kappa shape index (κ1) is 26.0. The molecule has 1 aliphatic rings. The highest BCUT2D eigenvalue weighted by atomic mass is 31.3. The molecule has 15 nitrogen and oxygen atoms in total. The third-order valence-corrected chi connectivity index (χ3v) is 6.68. The minimum absolute atomic E-state index is 0.0711. The monoisotopic (exact) mass is 488 g/mol. The largest absolute Gasteiger partial charge is 0.756 e. The quantitative estimate of drug-likeness (QED) is 0.203. The molecule has 0 bridgehead atoms. The Morgan fingerprint density at radius 3 is 2.52 bits per heavy atom. The molecule has 178 valence electrons. The highest BCUT2D eigenvalue weighted by molar-refractivity contribution is 7.60. The molecule has 1 aliphatic heterocycles. The lowest BCUT2D eigenvalue weighted by Gasteiger charge is -2.28. The van der Waals surface area contributed by atoms with Gasteiger partial charge >= 0.3 is 13.5 Å². The molecule has 17 heteroatoms. The fourth-order valence-electron chi connectivity index (χ4n) is 2.48. The summed E-state index contributed by atoms with van der Waals surface area (Å²) in [6.07, 6.45) is -4.89. The van der Waals surface area contributed by atoms with Gasteiger partial charge in [-0.2, -0.15) is 4.98 Å². The smallest absolute Gasteiger partial charge is 0.478 e. The lowest BCUT2D eigenvalue weighted by atomic mass is 10.1. The summed E-state index contributed by atoms with van der Waals surface area (Å²) >= 11 is 0. The molecular weight excluding hydrogens is 462 g/mol. The van der Waals surface area contributed by atoms with Crippen molar-refractivity contribution in [2.45, 2.75) is 24.5 Å². The number of quaternary nitrogens is 1. The van der Waals surface area contributed by atoms with Gasteiger partial charge in [0.15, 0.2) is 6.23 Å². The summed E-state index contributed by atoms with van der Waals surface area (Å²) in [6, 6.07) is 1.26. The summed E-state index contributed by atoms with van der Waals surface area (Å²) in [7, 11) is -5.01. The van der Waals surface area contributed by atoms with Crippen molar-refractivity contribution in [3.63, 3.8) is 0 Å². The van der Waals surface area contributed by atoms with Gasteiger partial charge in [0.1, 0.15) is 37.3 Å². The average molecular weight is 488 g/mol. The molecule has 1 aromatic rings. The SMILES string of the molecule is C[N+](C)(C)CCOP(=O)([O-])OP(=O)(O)OC[C@@H]1O[C@H](n2ccc(N)nc2=O)[C@@H](O)[C@H]1O. The summed E-state index contributed by atoms with van der Waals surface area (Å²) in [5.74, 6) is -0.0711. The number of nitrogens with two attached hydrogens (primary N) is 1. The van der Waals surface area contributed by atoms with Crippen LogP contribution < -0.4 is 16.3 Å². The molecule has 1 aromatic heterocycles. The number of nitrogen functional groups attached to an aromatic ring is 1. The third-order valence-electron chi connectivity index (χ3n) is 4.08. The Morgan fingerprint density at radius 2 is 1.94 bits per heavy atom. The highest BCUT2D eigenvalue weighted by Gasteiger charge is 2.45. The van der Waals surface area contributed by atoms with E-state index >= 15 is 0 Å². The molecule has 0 saturated carbocycles. The first-order valence-corrected chi connectivity index (χ1v) is 11.9. The van der Waals surface area contributed by atoms with Crippen LogP contribution in [-0.2, 0) is 27.2 Å². The van der Waals surface area contributed by atoms with E-state index in [9.17, 15) is 33.9 Å². The topological polar surface area (TPSA) is 216 Å². The van der Waals surface area contributed by atoms with Gasteiger partial charge in [0.25, 0.3) is 7.82 Å². The molecule has 1 fully saturated rings. The van der Waals surface area contributed by atoms with Crippen LogP contribution in [0.5, 0.6) is 0 Å². The first-order chi connectivity index (χ1) is 14.1. The zero-order chi connectivity index (χ0) is 23.6. The lowest BCUT2D eigenvalue weighted by Crippen LogP contribution is -2.37. The molecule has 6 atom stereocenters. The second kappa shape index (κ2) is 9.73. The third kappa shape index (κ3) is 7.70. The van der Waals surface area contributed by atoms with Gasteiger partial charge < -0.3 is 39.5 Å². The Balaban J connectivity index is 1.96. The van der Waals surface area contributed by atoms with Crippen LogP contribution in [0.15, 0.2) is 17.1 Å². The summed E-state index contributed by atoms with van der Waals surface area (Å²) < 4.78 is 43.4. The number of phosphoric ester groups is 2. The van der Waals surface area contributed by atoms with Crippen LogP contribution in [0.2, 0.25) is 0 Å². The number of rotatable bonds is 10. The highest BCUT2D eigenvalue weighted by Crippen LogP contribution is 2.58. The predicted octanol–water partition coefficient (Wildman–Crippen LogP) is -2.23. The maximum absolute atomic E-state index is 12.0. The fraction of sp³-hybridized carbons (Fsp3) is 0.714. The summed E-state index contributed by atoms with van der Waals surface area (Å²) in [5.41, 5.74) is 4.52. The van der Waals surface area contributed by atoms with Crippen molar-refractivity contribution in [2.75, 3.05) is 46.6 Å². The summed E-state index contributed by atoms with van der Waals surface area (Å²) in [5, 5.41) is 20.2. The molecule has 2 unspecified atom stereocenters. The van der Waals surface area contributed by atoms with Crippen molar-refractivity contribution in [2.24, 2.45) is 0 Å². The normalized spacial score (nSPS) is 28.2. The van der Waals surface area contributed by atoms with Gasteiger partial charge in [0.05, 0.1) is 27.7 Å². The van der Waals surface area contributed by atoms with E-state index in [1.54, 1.807) is 21.1 Å². The Hall–Kier alpha value is -1.22. The molecule has 2 heterocycles. The number of aromatic nitrogens is 2. The summed E-state index contributed by atoms with van der Waals surface area (Å²) in [6.45, 7) is -0.877. The fourth-order valence-corrected chi connectivity index (χ4v) is 4.51. The van der Waals surface area contributed by atoms with E-state index in [1.165, 1.54) is 12.3 Å².